The number of hydrogen-bond donors (Lipinski definition) is 1. The van der Waals surface area contributed by atoms with Crippen LogP contribution in [-0.2, 0) is 10.5 Å². The average Bonchev–Trinajstić information content (AvgIpc) is 2.60. The maximum atomic E-state index is 12.4. The molecule has 0 aliphatic carbocycles. The second kappa shape index (κ2) is 8.85. The van der Waals surface area contributed by atoms with E-state index in [1.165, 1.54) is 19.8 Å². The van der Waals surface area contributed by atoms with Gasteiger partial charge in [-0.3, -0.25) is 4.79 Å². The van der Waals surface area contributed by atoms with Gasteiger partial charge in [-0.25, -0.2) is 0 Å². The first kappa shape index (κ1) is 18.5. The minimum atomic E-state index is -0.212. The first-order chi connectivity index (χ1) is 11.5. The van der Waals surface area contributed by atoms with E-state index in [0.29, 0.717) is 22.2 Å². The standard InChI is InChI=1S/C18H20ClNO3S/c1-12(24-11-13-7-5-4-6-8-13)18(21)20-15-9-14(19)16(22-2)10-17(15)23-3/h4-10,12H,11H2,1-3H3,(H,20,21). The number of hydrogen-bond acceptors (Lipinski definition) is 4. The molecule has 0 aliphatic rings. The molecule has 0 saturated heterocycles. The summed E-state index contributed by atoms with van der Waals surface area (Å²) in [6, 6.07) is 13.3. The Bertz CT molecular complexity index is 694. The lowest BCUT2D eigenvalue weighted by molar-refractivity contribution is -0.115. The largest absolute Gasteiger partial charge is 0.495 e. The van der Waals surface area contributed by atoms with Crippen LogP contribution in [0.2, 0.25) is 5.02 Å². The van der Waals surface area contributed by atoms with E-state index in [4.69, 9.17) is 21.1 Å². The minimum absolute atomic E-state index is 0.101. The van der Waals surface area contributed by atoms with Gasteiger partial charge in [0.1, 0.15) is 11.5 Å². The van der Waals surface area contributed by atoms with Crippen LogP contribution >= 0.6 is 23.4 Å². The molecular weight excluding hydrogens is 346 g/mol. The first-order valence-corrected chi connectivity index (χ1v) is 8.85. The van der Waals surface area contributed by atoms with Gasteiger partial charge in [0.05, 0.1) is 30.2 Å². The molecule has 1 N–H and O–H groups in total. The molecule has 128 valence electrons. The highest BCUT2D eigenvalue weighted by molar-refractivity contribution is 7.99. The Labute approximate surface area is 151 Å². The quantitative estimate of drug-likeness (QED) is 0.777. The third-order valence-electron chi connectivity index (χ3n) is 3.44. The summed E-state index contributed by atoms with van der Waals surface area (Å²) in [6.07, 6.45) is 0. The predicted octanol–water partition coefficient (Wildman–Crippen LogP) is 4.62. The fraction of sp³-hybridized carbons (Fsp3) is 0.278. The summed E-state index contributed by atoms with van der Waals surface area (Å²) in [5.74, 6) is 1.67. The molecule has 2 aromatic carbocycles. The molecule has 0 radical (unpaired) electrons. The molecule has 1 atom stereocenters. The summed E-state index contributed by atoms with van der Waals surface area (Å²) in [7, 11) is 3.06. The molecule has 4 nitrogen and oxygen atoms in total. The lowest BCUT2D eigenvalue weighted by Crippen LogP contribution is -2.23. The molecule has 1 unspecified atom stereocenters. The van der Waals surface area contributed by atoms with E-state index < -0.39 is 0 Å². The van der Waals surface area contributed by atoms with Crippen molar-refractivity contribution in [1.82, 2.24) is 0 Å². The van der Waals surface area contributed by atoms with Crippen LogP contribution < -0.4 is 14.8 Å². The summed E-state index contributed by atoms with van der Waals surface area (Å²) in [6.45, 7) is 1.88. The number of thioether (sulfide) groups is 1. The Kier molecular flexibility index (Phi) is 6.82. The van der Waals surface area contributed by atoms with E-state index in [1.54, 1.807) is 23.9 Å². The van der Waals surface area contributed by atoms with Crippen molar-refractivity contribution in [3.05, 3.63) is 53.1 Å². The van der Waals surface area contributed by atoms with Crippen LogP contribution in [0.4, 0.5) is 5.69 Å². The van der Waals surface area contributed by atoms with Crippen LogP contribution in [0.3, 0.4) is 0 Å². The van der Waals surface area contributed by atoms with Gasteiger partial charge in [-0.05, 0) is 18.6 Å². The van der Waals surface area contributed by atoms with Gasteiger partial charge in [-0.2, -0.15) is 0 Å². The zero-order chi connectivity index (χ0) is 17.5. The summed E-state index contributed by atoms with van der Waals surface area (Å²) in [5.41, 5.74) is 1.72. The fourth-order valence-electron chi connectivity index (χ4n) is 2.06. The molecule has 0 saturated carbocycles. The molecule has 0 bridgehead atoms. The highest BCUT2D eigenvalue weighted by atomic mass is 35.5. The molecule has 0 heterocycles. The van der Waals surface area contributed by atoms with Gasteiger partial charge in [0.2, 0.25) is 5.91 Å². The van der Waals surface area contributed by atoms with E-state index in [9.17, 15) is 4.79 Å². The number of carbonyl (C=O) groups excluding carboxylic acids is 1. The minimum Gasteiger partial charge on any atom is -0.495 e. The van der Waals surface area contributed by atoms with E-state index >= 15 is 0 Å². The van der Waals surface area contributed by atoms with Crippen molar-refractivity contribution in [2.45, 2.75) is 17.9 Å². The normalized spacial score (nSPS) is 11.7. The zero-order valence-electron chi connectivity index (χ0n) is 13.8. The molecule has 6 heteroatoms. The number of ether oxygens (including phenoxy) is 2. The molecule has 0 fully saturated rings. The smallest absolute Gasteiger partial charge is 0.237 e. The van der Waals surface area contributed by atoms with Crippen LogP contribution in [0.15, 0.2) is 42.5 Å². The third-order valence-corrected chi connectivity index (χ3v) is 4.95. The summed E-state index contributed by atoms with van der Waals surface area (Å²) in [4.78, 5) is 12.4. The second-order valence-corrected chi connectivity index (χ2v) is 6.85. The molecule has 2 aromatic rings. The summed E-state index contributed by atoms with van der Waals surface area (Å²) >= 11 is 7.70. The van der Waals surface area contributed by atoms with Crippen molar-refractivity contribution in [3.63, 3.8) is 0 Å². The lowest BCUT2D eigenvalue weighted by atomic mass is 10.2. The van der Waals surface area contributed by atoms with Crippen LogP contribution in [0, 0.1) is 0 Å². The Morgan fingerprint density at radius 1 is 1.17 bits per heavy atom. The molecule has 1 amide bonds. The predicted molar refractivity (Wildman–Crippen MR) is 100 cm³/mol. The van der Waals surface area contributed by atoms with E-state index in [0.717, 1.165) is 5.75 Å². The molecule has 0 aliphatic heterocycles. The van der Waals surface area contributed by atoms with E-state index in [-0.39, 0.29) is 11.2 Å². The van der Waals surface area contributed by atoms with Gasteiger partial charge < -0.3 is 14.8 Å². The zero-order valence-corrected chi connectivity index (χ0v) is 15.4. The molecular formula is C18H20ClNO3S. The van der Waals surface area contributed by atoms with Crippen molar-refractivity contribution in [2.75, 3.05) is 19.5 Å². The van der Waals surface area contributed by atoms with E-state index in [2.05, 4.69) is 5.32 Å². The Balaban J connectivity index is 2.02. The fourth-order valence-corrected chi connectivity index (χ4v) is 3.15. The van der Waals surface area contributed by atoms with Crippen LogP contribution in [0.5, 0.6) is 11.5 Å². The Morgan fingerprint density at radius 2 is 1.83 bits per heavy atom. The van der Waals surface area contributed by atoms with Gasteiger partial charge in [-0.1, -0.05) is 41.9 Å². The number of benzene rings is 2. The number of nitrogens with one attached hydrogen (secondary N) is 1. The second-order valence-electron chi connectivity index (χ2n) is 5.12. The molecule has 24 heavy (non-hydrogen) atoms. The SMILES string of the molecule is COc1cc(OC)c(NC(=O)C(C)SCc2ccccc2)cc1Cl. The molecule has 2 rings (SSSR count). The highest BCUT2D eigenvalue weighted by Crippen LogP contribution is 2.36. The van der Waals surface area contributed by atoms with Crippen molar-refractivity contribution >= 4 is 35.0 Å². The summed E-state index contributed by atoms with van der Waals surface area (Å²) in [5, 5.41) is 3.07. The monoisotopic (exact) mass is 365 g/mol. The number of rotatable bonds is 7. The lowest BCUT2D eigenvalue weighted by Gasteiger charge is -2.16. The summed E-state index contributed by atoms with van der Waals surface area (Å²) < 4.78 is 10.4. The average molecular weight is 366 g/mol. The molecule has 0 spiro atoms. The van der Waals surface area contributed by atoms with Gasteiger partial charge in [0.25, 0.3) is 0 Å². The number of halogens is 1. The van der Waals surface area contributed by atoms with E-state index in [1.807, 2.05) is 37.3 Å². The maximum absolute atomic E-state index is 12.4. The van der Waals surface area contributed by atoms with Gasteiger partial charge in [0, 0.05) is 11.8 Å². The number of carbonyl (C=O) groups is 1. The van der Waals surface area contributed by atoms with Crippen molar-refractivity contribution < 1.29 is 14.3 Å². The first-order valence-electron chi connectivity index (χ1n) is 7.43. The highest BCUT2D eigenvalue weighted by Gasteiger charge is 2.17. The number of anilines is 1. The topological polar surface area (TPSA) is 47.6 Å². The maximum Gasteiger partial charge on any atom is 0.237 e. The van der Waals surface area contributed by atoms with Gasteiger partial charge >= 0.3 is 0 Å². The van der Waals surface area contributed by atoms with Crippen molar-refractivity contribution in [2.24, 2.45) is 0 Å². The van der Waals surface area contributed by atoms with Crippen molar-refractivity contribution in [1.29, 1.82) is 0 Å². The van der Waals surface area contributed by atoms with Crippen LogP contribution in [0.25, 0.3) is 0 Å². The van der Waals surface area contributed by atoms with Gasteiger partial charge in [0.15, 0.2) is 0 Å². The van der Waals surface area contributed by atoms with Crippen LogP contribution in [0.1, 0.15) is 12.5 Å². The third kappa shape index (κ3) is 4.82. The number of amides is 1. The van der Waals surface area contributed by atoms with Crippen LogP contribution in [-0.4, -0.2) is 25.4 Å². The molecule has 0 aromatic heterocycles. The Morgan fingerprint density at radius 3 is 2.46 bits per heavy atom. The van der Waals surface area contributed by atoms with Crippen molar-refractivity contribution in [3.8, 4) is 11.5 Å². The number of methoxy groups -OCH3 is 2. The Hall–Kier alpha value is -1.85. The van der Waals surface area contributed by atoms with Gasteiger partial charge in [-0.15, -0.1) is 11.8 Å².